The average molecular weight is 290 g/mol. The van der Waals surface area contributed by atoms with Crippen LogP contribution in [0.25, 0.3) is 0 Å². The minimum absolute atomic E-state index is 0.546. The summed E-state index contributed by atoms with van der Waals surface area (Å²) in [7, 11) is 0. The van der Waals surface area contributed by atoms with Crippen molar-refractivity contribution in [2.45, 2.75) is 38.1 Å². The first-order valence-corrected chi connectivity index (χ1v) is 6.50. The van der Waals surface area contributed by atoms with Crippen molar-refractivity contribution in [1.29, 1.82) is 0 Å². The first-order chi connectivity index (χ1) is 7.25. The smallest absolute Gasteiger partial charge is 0.145 e. The van der Waals surface area contributed by atoms with Gasteiger partial charge in [-0.1, -0.05) is 30.9 Å². The minimum Gasteiger partial charge on any atom is -0.366 e. The summed E-state index contributed by atoms with van der Waals surface area (Å²) in [5.74, 6) is 0.812. The highest BCUT2D eigenvalue weighted by atomic mass is 79.9. The molecule has 1 heterocycles. The fourth-order valence-corrected chi connectivity index (χ4v) is 2.65. The Morgan fingerprint density at radius 1 is 1.33 bits per heavy atom. The van der Waals surface area contributed by atoms with Gasteiger partial charge in [-0.05, 0) is 34.8 Å². The Bertz CT molecular complexity index is 337. The predicted molar refractivity (Wildman–Crippen MR) is 67.4 cm³/mol. The maximum atomic E-state index is 6.09. The summed E-state index contributed by atoms with van der Waals surface area (Å²) in [5.41, 5.74) is 0. The summed E-state index contributed by atoms with van der Waals surface area (Å²) in [4.78, 5) is 4.28. The zero-order chi connectivity index (χ0) is 10.7. The number of hydrogen-bond donors (Lipinski definition) is 1. The highest BCUT2D eigenvalue weighted by Crippen LogP contribution is 2.26. The number of rotatable bonds is 2. The van der Waals surface area contributed by atoms with Crippen LogP contribution in [0.2, 0.25) is 5.02 Å². The van der Waals surface area contributed by atoms with Gasteiger partial charge in [-0.2, -0.15) is 0 Å². The van der Waals surface area contributed by atoms with E-state index in [1.165, 1.54) is 32.1 Å². The lowest BCUT2D eigenvalue weighted by atomic mass is 9.95. The predicted octanol–water partition coefficient (Wildman–Crippen LogP) is 4.24. The van der Waals surface area contributed by atoms with Crippen molar-refractivity contribution in [2.75, 3.05) is 5.32 Å². The van der Waals surface area contributed by atoms with Crippen LogP contribution in [-0.2, 0) is 0 Å². The molecule has 0 atom stereocenters. The number of aromatic nitrogens is 1. The van der Waals surface area contributed by atoms with Crippen molar-refractivity contribution in [3.63, 3.8) is 0 Å². The molecule has 1 fully saturated rings. The third-order valence-electron chi connectivity index (χ3n) is 2.75. The minimum atomic E-state index is 0.546. The van der Waals surface area contributed by atoms with Gasteiger partial charge in [0.15, 0.2) is 0 Å². The molecule has 0 radical (unpaired) electrons. The van der Waals surface area contributed by atoms with Crippen molar-refractivity contribution in [3.8, 4) is 0 Å². The number of hydrogen-bond acceptors (Lipinski definition) is 2. The standard InChI is InChI=1S/C11H14BrClN2/c12-8-6-10(13)11(14-7-8)15-9-4-2-1-3-5-9/h6-7,9H,1-5H2,(H,14,15). The van der Waals surface area contributed by atoms with Gasteiger partial charge < -0.3 is 5.32 Å². The molecule has 0 aromatic carbocycles. The maximum Gasteiger partial charge on any atom is 0.145 e. The monoisotopic (exact) mass is 288 g/mol. The third-order valence-corrected chi connectivity index (χ3v) is 3.48. The molecule has 0 bridgehead atoms. The lowest BCUT2D eigenvalue weighted by Crippen LogP contribution is -2.22. The molecule has 0 spiro atoms. The molecule has 82 valence electrons. The van der Waals surface area contributed by atoms with E-state index in [0.29, 0.717) is 11.1 Å². The Labute approximate surface area is 104 Å². The fourth-order valence-electron chi connectivity index (χ4n) is 1.96. The van der Waals surface area contributed by atoms with Gasteiger partial charge in [0.05, 0.1) is 5.02 Å². The van der Waals surface area contributed by atoms with E-state index in [1.807, 2.05) is 6.07 Å². The van der Waals surface area contributed by atoms with E-state index in [4.69, 9.17) is 11.6 Å². The fraction of sp³-hybridized carbons (Fsp3) is 0.545. The maximum absolute atomic E-state index is 6.09. The summed E-state index contributed by atoms with van der Waals surface area (Å²) in [5, 5.41) is 4.10. The van der Waals surface area contributed by atoms with Crippen LogP contribution in [0.4, 0.5) is 5.82 Å². The van der Waals surface area contributed by atoms with Crippen molar-refractivity contribution in [3.05, 3.63) is 21.8 Å². The van der Waals surface area contributed by atoms with Gasteiger partial charge >= 0.3 is 0 Å². The van der Waals surface area contributed by atoms with Crippen LogP contribution < -0.4 is 5.32 Å². The van der Waals surface area contributed by atoms with Crippen LogP contribution in [-0.4, -0.2) is 11.0 Å². The van der Waals surface area contributed by atoms with E-state index < -0.39 is 0 Å². The van der Waals surface area contributed by atoms with E-state index >= 15 is 0 Å². The molecule has 0 amide bonds. The molecule has 15 heavy (non-hydrogen) atoms. The van der Waals surface area contributed by atoms with Crippen LogP contribution in [0.15, 0.2) is 16.7 Å². The first-order valence-electron chi connectivity index (χ1n) is 5.33. The van der Waals surface area contributed by atoms with E-state index in [1.54, 1.807) is 6.20 Å². The summed E-state index contributed by atoms with van der Waals surface area (Å²) < 4.78 is 0.918. The van der Waals surface area contributed by atoms with E-state index in [0.717, 1.165) is 10.3 Å². The second-order valence-corrected chi connectivity index (χ2v) is 5.29. The second kappa shape index (κ2) is 5.17. The second-order valence-electron chi connectivity index (χ2n) is 3.96. The lowest BCUT2D eigenvalue weighted by molar-refractivity contribution is 0.462. The van der Waals surface area contributed by atoms with Crippen LogP contribution in [0.5, 0.6) is 0 Å². The average Bonchev–Trinajstić information content (AvgIpc) is 2.24. The van der Waals surface area contributed by atoms with Gasteiger partial charge in [0.25, 0.3) is 0 Å². The molecule has 1 saturated carbocycles. The molecule has 1 aromatic rings. The molecular formula is C11H14BrClN2. The molecule has 2 rings (SSSR count). The number of halogens is 2. The van der Waals surface area contributed by atoms with Gasteiger partial charge in [-0.25, -0.2) is 4.98 Å². The van der Waals surface area contributed by atoms with Crippen LogP contribution in [0, 0.1) is 0 Å². The van der Waals surface area contributed by atoms with E-state index in [-0.39, 0.29) is 0 Å². The van der Waals surface area contributed by atoms with Gasteiger partial charge in [-0.3, -0.25) is 0 Å². The number of anilines is 1. The molecule has 0 aliphatic heterocycles. The van der Waals surface area contributed by atoms with Crippen molar-refractivity contribution in [2.24, 2.45) is 0 Å². The van der Waals surface area contributed by atoms with Crippen molar-refractivity contribution >= 4 is 33.3 Å². The molecule has 4 heteroatoms. The Morgan fingerprint density at radius 2 is 2.07 bits per heavy atom. The van der Waals surface area contributed by atoms with E-state index in [2.05, 4.69) is 26.2 Å². The molecule has 2 nitrogen and oxygen atoms in total. The van der Waals surface area contributed by atoms with Crippen molar-refractivity contribution < 1.29 is 0 Å². The quantitative estimate of drug-likeness (QED) is 0.881. The Balaban J connectivity index is 2.03. The first kappa shape index (κ1) is 11.2. The number of nitrogens with one attached hydrogen (secondary N) is 1. The summed E-state index contributed by atoms with van der Waals surface area (Å²) in [6.45, 7) is 0. The highest BCUT2D eigenvalue weighted by Gasteiger charge is 2.14. The zero-order valence-electron chi connectivity index (χ0n) is 8.47. The highest BCUT2D eigenvalue weighted by molar-refractivity contribution is 9.10. The molecule has 1 aromatic heterocycles. The molecule has 1 aliphatic carbocycles. The largest absolute Gasteiger partial charge is 0.366 e. The number of nitrogens with zero attached hydrogens (tertiary/aromatic N) is 1. The molecular weight excluding hydrogens is 275 g/mol. The third kappa shape index (κ3) is 3.08. The van der Waals surface area contributed by atoms with E-state index in [9.17, 15) is 0 Å². The lowest BCUT2D eigenvalue weighted by Gasteiger charge is -2.23. The van der Waals surface area contributed by atoms with Crippen LogP contribution in [0.1, 0.15) is 32.1 Å². The van der Waals surface area contributed by atoms with Crippen LogP contribution >= 0.6 is 27.5 Å². The Morgan fingerprint density at radius 3 is 2.73 bits per heavy atom. The molecule has 0 unspecified atom stereocenters. The Kier molecular flexibility index (Phi) is 3.87. The van der Waals surface area contributed by atoms with Crippen molar-refractivity contribution in [1.82, 2.24) is 4.98 Å². The van der Waals surface area contributed by atoms with Gasteiger partial charge in [0, 0.05) is 16.7 Å². The normalized spacial score (nSPS) is 17.7. The summed E-state index contributed by atoms with van der Waals surface area (Å²) >= 11 is 9.44. The van der Waals surface area contributed by atoms with Gasteiger partial charge in [-0.15, -0.1) is 0 Å². The number of pyridine rings is 1. The molecule has 1 aliphatic rings. The summed E-state index contributed by atoms with van der Waals surface area (Å²) in [6.07, 6.45) is 8.22. The van der Waals surface area contributed by atoms with Gasteiger partial charge in [0.2, 0.25) is 0 Å². The topological polar surface area (TPSA) is 24.9 Å². The molecule has 0 saturated heterocycles. The Hall–Kier alpha value is -0.280. The SMILES string of the molecule is Clc1cc(Br)cnc1NC1CCCCC1. The van der Waals surface area contributed by atoms with Gasteiger partial charge in [0.1, 0.15) is 5.82 Å². The zero-order valence-corrected chi connectivity index (χ0v) is 10.8. The molecule has 1 N–H and O–H groups in total. The van der Waals surface area contributed by atoms with Crippen LogP contribution in [0.3, 0.4) is 0 Å². The summed E-state index contributed by atoms with van der Waals surface area (Å²) in [6, 6.07) is 2.42.